The van der Waals surface area contributed by atoms with Gasteiger partial charge in [0.15, 0.2) is 0 Å². The molecule has 0 bridgehead atoms. The third-order valence-corrected chi connectivity index (χ3v) is 9.44. The van der Waals surface area contributed by atoms with E-state index in [2.05, 4.69) is 5.32 Å². The number of amides is 2. The Hall–Kier alpha value is -3.85. The Morgan fingerprint density at radius 1 is 0.800 bits per heavy atom. The molecule has 2 amide bonds. The van der Waals surface area contributed by atoms with Crippen molar-refractivity contribution in [3.8, 4) is 0 Å². The molecule has 0 fully saturated rings. The highest BCUT2D eigenvalue weighted by Crippen LogP contribution is 2.27. The van der Waals surface area contributed by atoms with Gasteiger partial charge < -0.3 is 10.2 Å². The van der Waals surface area contributed by atoms with Crippen molar-refractivity contribution in [1.82, 2.24) is 10.2 Å². The summed E-state index contributed by atoms with van der Waals surface area (Å²) in [5.74, 6) is -0.716. The molecule has 0 aliphatic carbocycles. The molecule has 0 unspecified atom stereocenters. The number of sulfonamides is 1. The molecule has 0 aliphatic heterocycles. The van der Waals surface area contributed by atoms with Gasteiger partial charge in [-0.3, -0.25) is 13.9 Å². The largest absolute Gasteiger partial charge is 0.354 e. The number of carbonyl (C=O) groups excluding carboxylic acids is 2. The number of nitrogens with zero attached hydrogens (tertiary/aromatic N) is 2. The van der Waals surface area contributed by atoms with E-state index in [4.69, 9.17) is 23.2 Å². The van der Waals surface area contributed by atoms with Gasteiger partial charge in [-0.25, -0.2) is 8.42 Å². The summed E-state index contributed by atoms with van der Waals surface area (Å²) < 4.78 is 29.3. The maximum absolute atomic E-state index is 14.5. The number of hydrogen-bond acceptors (Lipinski definition) is 4. The van der Waals surface area contributed by atoms with Crippen molar-refractivity contribution in [3.63, 3.8) is 0 Å². The van der Waals surface area contributed by atoms with Gasteiger partial charge in [0.2, 0.25) is 11.8 Å². The quantitative estimate of drug-likeness (QED) is 0.168. The van der Waals surface area contributed by atoms with Gasteiger partial charge in [0, 0.05) is 29.6 Å². The lowest BCUT2D eigenvalue weighted by molar-refractivity contribution is -0.140. The van der Waals surface area contributed by atoms with Crippen LogP contribution in [0.3, 0.4) is 0 Å². The Bertz CT molecular complexity index is 1710. The average molecular weight is 667 g/mol. The molecule has 7 nitrogen and oxygen atoms in total. The number of halogens is 2. The molecule has 4 aromatic carbocycles. The molecule has 0 radical (unpaired) electrons. The monoisotopic (exact) mass is 665 g/mol. The van der Waals surface area contributed by atoms with Crippen molar-refractivity contribution < 1.29 is 18.0 Å². The van der Waals surface area contributed by atoms with Crippen molar-refractivity contribution in [2.24, 2.45) is 5.92 Å². The minimum Gasteiger partial charge on any atom is -0.354 e. The molecule has 0 saturated heterocycles. The van der Waals surface area contributed by atoms with Crippen LogP contribution in [0.25, 0.3) is 0 Å². The van der Waals surface area contributed by atoms with E-state index in [-0.39, 0.29) is 35.4 Å². The van der Waals surface area contributed by atoms with Gasteiger partial charge in [0.1, 0.15) is 12.6 Å². The van der Waals surface area contributed by atoms with E-state index in [1.165, 1.54) is 23.1 Å². The van der Waals surface area contributed by atoms with Crippen LogP contribution in [-0.2, 0) is 32.6 Å². The fourth-order valence-corrected chi connectivity index (χ4v) is 6.61. The summed E-state index contributed by atoms with van der Waals surface area (Å²) in [6.45, 7) is 5.71. The SMILES string of the molecule is Cc1ccc(S(=O)(=O)N(CC(=O)N(Cc2cccc(Cl)c2)[C@@H](Cc2ccccc2)C(=O)NCC(C)C)c2cccc(Cl)c2)cc1. The zero-order chi connectivity index (χ0) is 32.6. The van der Waals surface area contributed by atoms with Crippen molar-refractivity contribution in [2.75, 3.05) is 17.4 Å². The number of anilines is 1. The molecule has 4 aromatic rings. The molecule has 45 heavy (non-hydrogen) atoms. The van der Waals surface area contributed by atoms with Gasteiger partial charge in [-0.2, -0.15) is 0 Å². The summed E-state index contributed by atoms with van der Waals surface area (Å²) in [6, 6.07) is 28.3. The highest BCUT2D eigenvalue weighted by atomic mass is 35.5. The molecular formula is C35H37Cl2N3O4S. The molecule has 0 aromatic heterocycles. The summed E-state index contributed by atoms with van der Waals surface area (Å²) in [5.41, 5.74) is 2.66. The molecule has 0 heterocycles. The second-order valence-corrected chi connectivity index (χ2v) is 14.0. The molecule has 10 heteroatoms. The van der Waals surface area contributed by atoms with Gasteiger partial charge in [-0.15, -0.1) is 0 Å². The van der Waals surface area contributed by atoms with Crippen LogP contribution in [0.5, 0.6) is 0 Å². The minimum absolute atomic E-state index is 0.0257. The summed E-state index contributed by atoms with van der Waals surface area (Å²) in [5, 5.41) is 3.77. The van der Waals surface area contributed by atoms with E-state index in [0.29, 0.717) is 22.2 Å². The molecule has 236 valence electrons. The summed E-state index contributed by atoms with van der Waals surface area (Å²) in [7, 11) is -4.22. The molecule has 0 aliphatic rings. The van der Waals surface area contributed by atoms with Crippen molar-refractivity contribution >= 4 is 50.7 Å². The second-order valence-electron chi connectivity index (χ2n) is 11.3. The first-order valence-corrected chi connectivity index (χ1v) is 16.8. The Labute approximate surface area is 275 Å². The van der Waals surface area contributed by atoms with Crippen LogP contribution >= 0.6 is 23.2 Å². The summed E-state index contributed by atoms with van der Waals surface area (Å²) in [4.78, 5) is 29.8. The summed E-state index contributed by atoms with van der Waals surface area (Å²) in [6.07, 6.45) is 0.221. The Morgan fingerprint density at radius 2 is 1.42 bits per heavy atom. The standard InChI is InChI=1S/C35H37Cl2N3O4S/c1-25(2)22-38-35(42)33(20-27-9-5-4-6-10-27)39(23-28-11-7-12-29(36)19-28)34(41)24-40(31-14-8-13-30(37)21-31)45(43,44)32-17-15-26(3)16-18-32/h4-19,21,25,33H,20,22-24H2,1-3H3,(H,38,42)/t33-/m0/s1. The van der Waals surface area contributed by atoms with E-state index >= 15 is 0 Å². The first-order valence-electron chi connectivity index (χ1n) is 14.6. The normalized spacial score (nSPS) is 12.0. The van der Waals surface area contributed by atoms with Crippen LogP contribution in [-0.4, -0.2) is 44.3 Å². The maximum atomic E-state index is 14.5. The number of benzene rings is 4. The van der Waals surface area contributed by atoms with Crippen molar-refractivity contribution in [3.05, 3.63) is 130 Å². The van der Waals surface area contributed by atoms with E-state index in [9.17, 15) is 18.0 Å². The lowest BCUT2D eigenvalue weighted by Gasteiger charge is -2.34. The number of carbonyl (C=O) groups is 2. The highest BCUT2D eigenvalue weighted by molar-refractivity contribution is 7.92. The van der Waals surface area contributed by atoms with Crippen molar-refractivity contribution in [2.45, 2.75) is 44.7 Å². The topological polar surface area (TPSA) is 86.8 Å². The van der Waals surface area contributed by atoms with E-state index in [0.717, 1.165) is 15.4 Å². The second kappa shape index (κ2) is 15.4. The van der Waals surface area contributed by atoms with Gasteiger partial charge in [0.05, 0.1) is 10.6 Å². The third kappa shape index (κ3) is 9.33. The molecule has 1 atom stereocenters. The van der Waals surface area contributed by atoms with Gasteiger partial charge in [0.25, 0.3) is 10.0 Å². The summed E-state index contributed by atoms with van der Waals surface area (Å²) >= 11 is 12.6. The zero-order valence-corrected chi connectivity index (χ0v) is 27.8. The van der Waals surface area contributed by atoms with E-state index in [1.54, 1.807) is 48.5 Å². The van der Waals surface area contributed by atoms with Crippen LogP contribution in [0.15, 0.2) is 108 Å². The lowest BCUT2D eigenvalue weighted by Crippen LogP contribution is -2.53. The maximum Gasteiger partial charge on any atom is 0.264 e. The Morgan fingerprint density at radius 3 is 2.04 bits per heavy atom. The predicted molar refractivity (Wildman–Crippen MR) is 181 cm³/mol. The first-order chi connectivity index (χ1) is 21.4. The Balaban J connectivity index is 1.80. The lowest BCUT2D eigenvalue weighted by atomic mass is 10.0. The van der Waals surface area contributed by atoms with Crippen LogP contribution in [0.1, 0.15) is 30.5 Å². The molecule has 0 saturated carbocycles. The molecule has 4 rings (SSSR count). The van der Waals surface area contributed by atoms with Crippen LogP contribution < -0.4 is 9.62 Å². The van der Waals surface area contributed by atoms with Gasteiger partial charge >= 0.3 is 0 Å². The number of rotatable bonds is 13. The van der Waals surface area contributed by atoms with Gasteiger partial charge in [-0.05, 0) is 66.4 Å². The molecule has 0 spiro atoms. The van der Waals surface area contributed by atoms with E-state index < -0.39 is 28.5 Å². The van der Waals surface area contributed by atoms with Crippen molar-refractivity contribution in [1.29, 1.82) is 0 Å². The smallest absolute Gasteiger partial charge is 0.264 e. The Kier molecular flexibility index (Phi) is 11.7. The average Bonchev–Trinajstić information content (AvgIpc) is 3.01. The minimum atomic E-state index is -4.22. The van der Waals surface area contributed by atoms with Gasteiger partial charge in [-0.1, -0.05) is 103 Å². The first kappa shape index (κ1) is 34.0. The third-order valence-electron chi connectivity index (χ3n) is 7.18. The van der Waals surface area contributed by atoms with Crippen LogP contribution in [0.2, 0.25) is 10.0 Å². The number of nitrogens with one attached hydrogen (secondary N) is 1. The van der Waals surface area contributed by atoms with Crippen LogP contribution in [0.4, 0.5) is 5.69 Å². The number of aryl methyl sites for hydroxylation is 1. The zero-order valence-electron chi connectivity index (χ0n) is 25.5. The predicted octanol–water partition coefficient (Wildman–Crippen LogP) is 6.91. The highest BCUT2D eigenvalue weighted by Gasteiger charge is 2.34. The fraction of sp³-hybridized carbons (Fsp3) is 0.257. The molecule has 1 N–H and O–H groups in total. The number of hydrogen-bond donors (Lipinski definition) is 1. The van der Waals surface area contributed by atoms with Crippen LogP contribution in [0, 0.1) is 12.8 Å². The fourth-order valence-electron chi connectivity index (χ4n) is 4.81. The molecular weight excluding hydrogens is 629 g/mol. The van der Waals surface area contributed by atoms with E-state index in [1.807, 2.05) is 57.2 Å².